The van der Waals surface area contributed by atoms with E-state index in [2.05, 4.69) is 20.8 Å². The van der Waals surface area contributed by atoms with Crippen LogP contribution in [0.3, 0.4) is 0 Å². The quantitative estimate of drug-likeness (QED) is 0.126. The maximum absolute atomic E-state index is 15.8. The Balaban J connectivity index is 1.98. The molecule has 1 aliphatic heterocycles. The summed E-state index contributed by atoms with van der Waals surface area (Å²) in [6.07, 6.45) is 4.34. The summed E-state index contributed by atoms with van der Waals surface area (Å²) in [5, 5.41) is -0.196. The number of unbranched alkanes of at least 4 members (excludes halogenated alkanes) is 3. The van der Waals surface area contributed by atoms with E-state index in [4.69, 9.17) is 9.16 Å². The van der Waals surface area contributed by atoms with Gasteiger partial charge in [0.2, 0.25) is 5.91 Å². The van der Waals surface area contributed by atoms with Crippen LogP contribution in [0.2, 0.25) is 18.1 Å². The lowest BCUT2D eigenvalue weighted by atomic mass is 9.97. The van der Waals surface area contributed by atoms with Crippen LogP contribution in [0.5, 0.6) is 0 Å². The van der Waals surface area contributed by atoms with E-state index < -0.39 is 20.3 Å². The third-order valence-electron chi connectivity index (χ3n) is 7.92. The molecule has 5 nitrogen and oxygen atoms in total. The Labute approximate surface area is 229 Å². The monoisotopic (exact) mass is 553 g/mol. The number of rotatable bonds is 15. The van der Waals surface area contributed by atoms with Gasteiger partial charge in [0, 0.05) is 31.0 Å². The molecule has 0 bridgehead atoms. The summed E-state index contributed by atoms with van der Waals surface area (Å²) in [5.74, 6) is -3.19. The van der Waals surface area contributed by atoms with E-state index in [1.54, 1.807) is 18.2 Å². The Hall–Kier alpha value is -1.80. The Morgan fingerprint density at radius 3 is 2.32 bits per heavy atom. The van der Waals surface area contributed by atoms with E-state index in [-0.39, 0.29) is 41.0 Å². The van der Waals surface area contributed by atoms with Crippen LogP contribution in [0.1, 0.15) is 98.0 Å². The minimum absolute atomic E-state index is 0.0275. The van der Waals surface area contributed by atoms with E-state index in [1.807, 2.05) is 31.8 Å². The van der Waals surface area contributed by atoms with Gasteiger partial charge in [0.25, 0.3) is 5.92 Å². The van der Waals surface area contributed by atoms with Crippen molar-refractivity contribution >= 4 is 20.2 Å². The number of esters is 1. The lowest BCUT2D eigenvalue weighted by Crippen LogP contribution is -2.49. The lowest BCUT2D eigenvalue weighted by Gasteiger charge is -2.42. The first-order valence-corrected chi connectivity index (χ1v) is 17.2. The van der Waals surface area contributed by atoms with Crippen LogP contribution in [-0.2, 0) is 24.7 Å². The third kappa shape index (κ3) is 9.44. The molecule has 1 aliphatic rings. The molecule has 216 valence electrons. The number of nitrogens with zero attached hydrogens (tertiary/aromatic N) is 1. The molecule has 0 aliphatic carbocycles. The summed E-state index contributed by atoms with van der Waals surface area (Å²) >= 11 is 0. The molecule has 1 fully saturated rings. The number of halogens is 2. The van der Waals surface area contributed by atoms with Crippen molar-refractivity contribution in [3.8, 4) is 0 Å². The summed E-state index contributed by atoms with van der Waals surface area (Å²) in [6, 6.07) is 7.91. The van der Waals surface area contributed by atoms with Crippen molar-refractivity contribution in [2.75, 3.05) is 6.54 Å². The highest BCUT2D eigenvalue weighted by atomic mass is 28.4. The Bertz CT molecular complexity index is 886. The molecule has 0 aromatic heterocycles. The van der Waals surface area contributed by atoms with Gasteiger partial charge in [-0.05, 0) is 64.1 Å². The van der Waals surface area contributed by atoms with E-state index in [0.717, 1.165) is 25.7 Å². The number of benzene rings is 1. The second kappa shape index (κ2) is 14.0. The Morgan fingerprint density at radius 1 is 1.08 bits per heavy atom. The fourth-order valence-electron chi connectivity index (χ4n) is 4.66. The maximum Gasteiger partial charge on any atom is 0.306 e. The molecule has 0 saturated carbocycles. The molecule has 1 amide bonds. The van der Waals surface area contributed by atoms with Crippen molar-refractivity contribution in [1.82, 2.24) is 4.90 Å². The molecule has 1 aromatic carbocycles. The summed E-state index contributed by atoms with van der Waals surface area (Å²) in [6.45, 7) is 14.5. The molecule has 38 heavy (non-hydrogen) atoms. The lowest BCUT2D eigenvalue weighted by molar-refractivity contribution is -0.147. The predicted molar refractivity (Wildman–Crippen MR) is 151 cm³/mol. The average molecular weight is 554 g/mol. The highest BCUT2D eigenvalue weighted by molar-refractivity contribution is 6.74. The van der Waals surface area contributed by atoms with Crippen LogP contribution < -0.4 is 0 Å². The smallest absolute Gasteiger partial charge is 0.306 e. The zero-order chi connectivity index (χ0) is 28.6. The third-order valence-corrected chi connectivity index (χ3v) is 12.4. The Morgan fingerprint density at radius 2 is 1.71 bits per heavy atom. The van der Waals surface area contributed by atoms with Gasteiger partial charge in [-0.15, -0.1) is 0 Å². The second-order valence-corrected chi connectivity index (χ2v) is 17.2. The molecule has 1 heterocycles. The molecule has 8 heteroatoms. The van der Waals surface area contributed by atoms with Gasteiger partial charge in [0.1, 0.15) is 6.10 Å². The average Bonchev–Trinajstić information content (AvgIpc) is 3.17. The normalized spacial score (nSPS) is 17.8. The summed E-state index contributed by atoms with van der Waals surface area (Å²) in [5.41, 5.74) is -0.0275. The van der Waals surface area contributed by atoms with Crippen LogP contribution in [0.25, 0.3) is 0 Å². The topological polar surface area (TPSA) is 55.8 Å². The number of hydrogen-bond donors (Lipinski definition) is 0. The van der Waals surface area contributed by atoms with Crippen LogP contribution in [0.4, 0.5) is 8.78 Å². The van der Waals surface area contributed by atoms with E-state index in [1.165, 1.54) is 12.1 Å². The van der Waals surface area contributed by atoms with Gasteiger partial charge < -0.3 is 14.1 Å². The first-order valence-electron chi connectivity index (χ1n) is 14.2. The molecule has 0 N–H and O–H groups in total. The van der Waals surface area contributed by atoms with Crippen LogP contribution in [-0.4, -0.2) is 49.9 Å². The van der Waals surface area contributed by atoms with Gasteiger partial charge in [-0.1, -0.05) is 63.9 Å². The summed E-state index contributed by atoms with van der Waals surface area (Å²) in [4.78, 5) is 26.2. The number of carbonyl (C=O) groups excluding carboxylic acids is 2. The first-order chi connectivity index (χ1) is 17.6. The first kappa shape index (κ1) is 32.4. The number of hydrogen-bond acceptors (Lipinski definition) is 4. The molecule has 0 radical (unpaired) electrons. The maximum atomic E-state index is 15.8. The van der Waals surface area contributed by atoms with Gasteiger partial charge in [0.05, 0.1) is 6.10 Å². The van der Waals surface area contributed by atoms with Crippen molar-refractivity contribution in [2.24, 2.45) is 0 Å². The number of ether oxygens (including phenoxy) is 1. The Kier molecular flexibility index (Phi) is 12.0. The van der Waals surface area contributed by atoms with E-state index in [9.17, 15) is 9.59 Å². The number of carbonyl (C=O) groups is 2. The fraction of sp³-hybridized carbons (Fsp3) is 0.733. The van der Waals surface area contributed by atoms with Crippen molar-refractivity contribution in [3.63, 3.8) is 0 Å². The van der Waals surface area contributed by atoms with Gasteiger partial charge in [0.15, 0.2) is 8.32 Å². The predicted octanol–water partition coefficient (Wildman–Crippen LogP) is 7.84. The fourth-order valence-corrected chi connectivity index (χ4v) is 5.99. The SMILES string of the molecule is CC(C)OC(=O)CCCCCCN1C(=O)CC[C@@H]1CC[C@H](O[Si](C)(C)C(C)(C)C)C(F)(F)c1ccccc1. The van der Waals surface area contributed by atoms with Crippen LogP contribution >= 0.6 is 0 Å². The minimum Gasteiger partial charge on any atom is -0.463 e. The van der Waals surface area contributed by atoms with Crippen molar-refractivity contribution in [3.05, 3.63) is 35.9 Å². The van der Waals surface area contributed by atoms with Gasteiger partial charge in [-0.25, -0.2) is 0 Å². The molecule has 0 unspecified atom stereocenters. The highest BCUT2D eigenvalue weighted by Gasteiger charge is 2.48. The van der Waals surface area contributed by atoms with Crippen LogP contribution in [0, 0.1) is 0 Å². The number of alkyl halides is 2. The standard InChI is InChI=1S/C30H49F2NO4Si/c1-23(2)36-28(35)17-13-8-9-14-22-33-25(19-21-27(33)34)18-20-26(37-38(6,7)29(3,4)5)30(31,32)24-15-11-10-12-16-24/h10-12,15-16,23,25-26H,8-9,13-14,17-22H2,1-7H3/t25-,26-/m0/s1. The summed E-state index contributed by atoms with van der Waals surface area (Å²) < 4.78 is 43.2. The minimum atomic E-state index is -3.12. The zero-order valence-electron chi connectivity index (χ0n) is 24.5. The van der Waals surface area contributed by atoms with Crippen LogP contribution in [0.15, 0.2) is 30.3 Å². The van der Waals surface area contributed by atoms with E-state index in [0.29, 0.717) is 32.2 Å². The van der Waals surface area contributed by atoms with Crippen molar-refractivity contribution < 1.29 is 27.5 Å². The molecule has 2 rings (SSSR count). The zero-order valence-corrected chi connectivity index (χ0v) is 25.5. The molecule has 1 aromatic rings. The molecule has 1 saturated heterocycles. The van der Waals surface area contributed by atoms with Crippen molar-refractivity contribution in [1.29, 1.82) is 0 Å². The van der Waals surface area contributed by atoms with Gasteiger partial charge in [-0.2, -0.15) is 8.78 Å². The largest absolute Gasteiger partial charge is 0.463 e. The highest BCUT2D eigenvalue weighted by Crippen LogP contribution is 2.43. The molecule has 0 spiro atoms. The van der Waals surface area contributed by atoms with Gasteiger partial charge in [-0.3, -0.25) is 9.59 Å². The number of likely N-dealkylation sites (tertiary alicyclic amines) is 1. The molecular weight excluding hydrogens is 504 g/mol. The molecule has 2 atom stereocenters. The summed E-state index contributed by atoms with van der Waals surface area (Å²) in [7, 11) is -2.46. The number of amides is 1. The molecular formula is C30H49F2NO4Si. The van der Waals surface area contributed by atoms with Crippen molar-refractivity contribution in [2.45, 2.75) is 135 Å². The van der Waals surface area contributed by atoms with Gasteiger partial charge >= 0.3 is 5.97 Å². The van der Waals surface area contributed by atoms with E-state index >= 15 is 8.78 Å². The second-order valence-electron chi connectivity index (χ2n) is 12.4.